The van der Waals surface area contributed by atoms with Gasteiger partial charge in [0, 0.05) is 32.7 Å². The topological polar surface area (TPSA) is 77.0 Å². The Labute approximate surface area is 170 Å². The van der Waals surface area contributed by atoms with Crippen molar-refractivity contribution in [3.8, 4) is 23.1 Å². The Morgan fingerprint density at radius 2 is 1.83 bits per heavy atom. The Morgan fingerprint density at radius 1 is 1.07 bits per heavy atom. The smallest absolute Gasteiger partial charge is 0.244 e. The molecule has 3 heterocycles. The van der Waals surface area contributed by atoms with Crippen LogP contribution in [0.5, 0.6) is 11.5 Å². The summed E-state index contributed by atoms with van der Waals surface area (Å²) in [5.41, 5.74) is 0. The summed E-state index contributed by atoms with van der Waals surface area (Å²) in [4.78, 5) is 9.26. The summed E-state index contributed by atoms with van der Waals surface area (Å²) in [7, 11) is 1.66. The van der Waals surface area contributed by atoms with E-state index in [9.17, 15) is 0 Å². The van der Waals surface area contributed by atoms with Gasteiger partial charge in [-0.1, -0.05) is 5.16 Å². The Balaban J connectivity index is 1.21. The van der Waals surface area contributed by atoms with Gasteiger partial charge < -0.3 is 18.4 Å². The largest absolute Gasteiger partial charge is 0.497 e. The van der Waals surface area contributed by atoms with Gasteiger partial charge >= 0.3 is 0 Å². The molecular weight excluding hydrogens is 372 g/mol. The van der Waals surface area contributed by atoms with Crippen LogP contribution < -0.4 is 9.47 Å². The van der Waals surface area contributed by atoms with Crippen molar-refractivity contribution in [2.75, 3.05) is 46.4 Å². The molecule has 0 unspecified atom stereocenters. The molecule has 0 saturated carbocycles. The van der Waals surface area contributed by atoms with Gasteiger partial charge in [0.1, 0.15) is 18.1 Å². The van der Waals surface area contributed by atoms with E-state index in [1.807, 2.05) is 36.4 Å². The number of hydrogen-bond acceptors (Lipinski definition) is 8. The van der Waals surface area contributed by atoms with Crippen molar-refractivity contribution in [3.05, 3.63) is 48.6 Å². The lowest BCUT2D eigenvalue weighted by Gasteiger charge is -2.36. The average molecular weight is 398 g/mol. The van der Waals surface area contributed by atoms with Gasteiger partial charge in [-0.15, -0.1) is 0 Å². The first-order valence-electron chi connectivity index (χ1n) is 9.83. The second-order valence-corrected chi connectivity index (χ2v) is 7.01. The van der Waals surface area contributed by atoms with Crippen molar-refractivity contribution in [1.29, 1.82) is 0 Å². The third-order valence-electron chi connectivity index (χ3n) is 5.23. The van der Waals surface area contributed by atoms with Crippen LogP contribution in [-0.4, -0.2) is 66.4 Å². The van der Waals surface area contributed by atoms with Crippen LogP contribution >= 0.6 is 0 Å². The highest BCUT2D eigenvalue weighted by Gasteiger charge is 2.26. The van der Waals surface area contributed by atoms with E-state index >= 15 is 0 Å². The second kappa shape index (κ2) is 9.11. The molecular formula is C21H26N4O4. The number of rotatable bonds is 8. The summed E-state index contributed by atoms with van der Waals surface area (Å²) in [5, 5.41) is 4.03. The molecule has 8 heteroatoms. The first-order valence-corrected chi connectivity index (χ1v) is 9.83. The summed E-state index contributed by atoms with van der Waals surface area (Å²) in [6.45, 7) is 7.52. The van der Waals surface area contributed by atoms with Gasteiger partial charge in [0.2, 0.25) is 11.7 Å². The van der Waals surface area contributed by atoms with Gasteiger partial charge in [-0.2, -0.15) is 4.98 Å². The zero-order valence-corrected chi connectivity index (χ0v) is 16.8. The summed E-state index contributed by atoms with van der Waals surface area (Å²) in [5.74, 6) is 3.43. The van der Waals surface area contributed by atoms with E-state index in [-0.39, 0.29) is 6.04 Å². The quantitative estimate of drug-likeness (QED) is 0.573. The number of methoxy groups -OCH3 is 1. The lowest BCUT2D eigenvalue weighted by atomic mass is 10.2. The molecule has 1 saturated heterocycles. The molecule has 0 N–H and O–H groups in total. The molecule has 0 aliphatic carbocycles. The molecule has 8 nitrogen and oxygen atoms in total. The van der Waals surface area contributed by atoms with Crippen molar-refractivity contribution in [2.24, 2.45) is 0 Å². The van der Waals surface area contributed by atoms with Crippen molar-refractivity contribution in [3.63, 3.8) is 0 Å². The number of furan rings is 1. The number of nitrogens with zero attached hydrogens (tertiary/aromatic N) is 4. The van der Waals surface area contributed by atoms with Gasteiger partial charge in [-0.25, -0.2) is 0 Å². The van der Waals surface area contributed by atoms with Crippen LogP contribution in [-0.2, 0) is 0 Å². The van der Waals surface area contributed by atoms with Gasteiger partial charge in [0.15, 0.2) is 5.76 Å². The van der Waals surface area contributed by atoms with Crippen LogP contribution in [0.4, 0.5) is 0 Å². The molecule has 0 radical (unpaired) electrons. The zero-order valence-electron chi connectivity index (χ0n) is 16.8. The van der Waals surface area contributed by atoms with E-state index in [2.05, 4.69) is 26.9 Å². The highest BCUT2D eigenvalue weighted by Crippen LogP contribution is 2.23. The second-order valence-electron chi connectivity index (χ2n) is 7.01. The van der Waals surface area contributed by atoms with E-state index in [0.717, 1.165) is 44.2 Å². The highest BCUT2D eigenvalue weighted by molar-refractivity contribution is 5.44. The maximum absolute atomic E-state index is 5.84. The lowest BCUT2D eigenvalue weighted by Crippen LogP contribution is -2.48. The summed E-state index contributed by atoms with van der Waals surface area (Å²) >= 11 is 0. The maximum Gasteiger partial charge on any atom is 0.244 e. The SMILES string of the molecule is COc1ccc(OCCN2CCN([C@@H](C)c3nc(-c4ccco4)no3)CC2)cc1. The van der Waals surface area contributed by atoms with E-state index < -0.39 is 0 Å². The number of piperazine rings is 1. The molecule has 1 aliphatic heterocycles. The van der Waals surface area contributed by atoms with Gasteiger partial charge in [-0.3, -0.25) is 9.80 Å². The molecule has 1 atom stereocenters. The third-order valence-corrected chi connectivity index (χ3v) is 5.23. The monoisotopic (exact) mass is 398 g/mol. The Kier molecular flexibility index (Phi) is 6.12. The molecule has 0 bridgehead atoms. The fourth-order valence-electron chi connectivity index (χ4n) is 3.41. The predicted molar refractivity (Wildman–Crippen MR) is 107 cm³/mol. The summed E-state index contributed by atoms with van der Waals surface area (Å²) < 4.78 is 21.8. The standard InChI is InChI=1S/C21H26N4O4/c1-16(21-22-20(23-29-21)19-4-3-14-28-19)25-11-9-24(10-12-25)13-15-27-18-7-5-17(26-2)6-8-18/h3-8,14,16H,9-13,15H2,1-2H3/t16-/m0/s1. The molecule has 154 valence electrons. The predicted octanol–water partition coefficient (Wildman–Crippen LogP) is 3.10. The van der Waals surface area contributed by atoms with E-state index in [1.165, 1.54) is 0 Å². The fraction of sp³-hybridized carbons (Fsp3) is 0.429. The lowest BCUT2D eigenvalue weighted by molar-refractivity contribution is 0.0800. The Hall–Kier alpha value is -2.84. The number of aromatic nitrogens is 2. The zero-order chi connectivity index (χ0) is 20.1. The summed E-state index contributed by atoms with van der Waals surface area (Å²) in [6.07, 6.45) is 1.60. The molecule has 1 aromatic carbocycles. The van der Waals surface area contributed by atoms with Gasteiger partial charge in [0.05, 0.1) is 19.4 Å². The highest BCUT2D eigenvalue weighted by atomic mass is 16.5. The third kappa shape index (κ3) is 4.78. The minimum absolute atomic E-state index is 0.0731. The summed E-state index contributed by atoms with van der Waals surface area (Å²) in [6, 6.07) is 11.4. The minimum atomic E-state index is 0.0731. The number of ether oxygens (including phenoxy) is 2. The average Bonchev–Trinajstić information content (AvgIpc) is 3.46. The van der Waals surface area contributed by atoms with Crippen molar-refractivity contribution < 1.29 is 18.4 Å². The molecule has 1 aliphatic rings. The van der Waals surface area contributed by atoms with Crippen molar-refractivity contribution in [1.82, 2.24) is 19.9 Å². The molecule has 4 rings (SSSR count). The van der Waals surface area contributed by atoms with E-state index in [4.69, 9.17) is 18.4 Å². The maximum atomic E-state index is 5.84. The Bertz CT molecular complexity index is 870. The fourth-order valence-corrected chi connectivity index (χ4v) is 3.41. The van der Waals surface area contributed by atoms with E-state index in [0.29, 0.717) is 24.1 Å². The Morgan fingerprint density at radius 3 is 2.52 bits per heavy atom. The van der Waals surface area contributed by atoms with Crippen molar-refractivity contribution >= 4 is 0 Å². The normalized spacial score (nSPS) is 16.6. The van der Waals surface area contributed by atoms with Crippen LogP contribution in [0.2, 0.25) is 0 Å². The molecule has 29 heavy (non-hydrogen) atoms. The molecule has 0 amide bonds. The number of hydrogen-bond donors (Lipinski definition) is 0. The first kappa shape index (κ1) is 19.5. The molecule has 3 aromatic rings. The van der Waals surface area contributed by atoms with Crippen LogP contribution in [0, 0.1) is 0 Å². The molecule has 0 spiro atoms. The first-order chi connectivity index (χ1) is 14.2. The van der Waals surface area contributed by atoms with E-state index in [1.54, 1.807) is 13.4 Å². The van der Waals surface area contributed by atoms with Gasteiger partial charge in [0.25, 0.3) is 0 Å². The van der Waals surface area contributed by atoms with Crippen LogP contribution in [0.3, 0.4) is 0 Å². The molecule has 2 aromatic heterocycles. The molecule has 1 fully saturated rings. The van der Waals surface area contributed by atoms with Crippen LogP contribution in [0.25, 0.3) is 11.6 Å². The number of benzene rings is 1. The van der Waals surface area contributed by atoms with Crippen LogP contribution in [0.15, 0.2) is 51.6 Å². The minimum Gasteiger partial charge on any atom is -0.497 e. The van der Waals surface area contributed by atoms with Crippen LogP contribution in [0.1, 0.15) is 18.9 Å². The van der Waals surface area contributed by atoms with Gasteiger partial charge in [-0.05, 0) is 43.3 Å². The van der Waals surface area contributed by atoms with Crippen molar-refractivity contribution in [2.45, 2.75) is 13.0 Å².